The van der Waals surface area contributed by atoms with Crippen LogP contribution in [0.5, 0.6) is 0 Å². The minimum Gasteiger partial charge on any atom is -0.384 e. The summed E-state index contributed by atoms with van der Waals surface area (Å²) in [7, 11) is 0. The number of alkyl halides is 1. The monoisotopic (exact) mass is 232 g/mol. The normalized spacial score (nSPS) is 11.7. The molecule has 1 rings (SSSR count). The van der Waals surface area contributed by atoms with Gasteiger partial charge in [0, 0.05) is 4.47 Å². The zero-order valence-electron chi connectivity index (χ0n) is 6.94. The highest BCUT2D eigenvalue weighted by Crippen LogP contribution is 2.29. The van der Waals surface area contributed by atoms with E-state index in [1.807, 2.05) is 0 Å². The van der Waals surface area contributed by atoms with Crippen LogP contribution in [0.25, 0.3) is 0 Å². The molecule has 66 valence electrons. The van der Waals surface area contributed by atoms with E-state index in [4.69, 9.17) is 5.73 Å². The van der Waals surface area contributed by atoms with Gasteiger partial charge in [-0.2, -0.15) is 0 Å². The van der Waals surface area contributed by atoms with E-state index >= 15 is 0 Å². The molecule has 0 bridgehead atoms. The molecule has 0 aliphatic heterocycles. The third-order valence-corrected chi connectivity index (χ3v) is 2.07. The predicted octanol–water partition coefficient (Wildman–Crippen LogP) is 2.63. The van der Waals surface area contributed by atoms with Crippen LogP contribution in [-0.2, 0) is 5.67 Å². The van der Waals surface area contributed by atoms with Crippen LogP contribution in [0.1, 0.15) is 19.5 Å². The minimum atomic E-state index is -1.46. The topological polar surface area (TPSA) is 38.9 Å². The first kappa shape index (κ1) is 9.45. The number of nitrogens with zero attached hydrogens (tertiary/aromatic N) is 1. The van der Waals surface area contributed by atoms with Crippen molar-refractivity contribution in [2.45, 2.75) is 19.5 Å². The summed E-state index contributed by atoms with van der Waals surface area (Å²) in [5.74, 6) is 0.332. The quantitative estimate of drug-likeness (QED) is 0.809. The molecule has 0 aliphatic rings. The van der Waals surface area contributed by atoms with Crippen molar-refractivity contribution in [1.82, 2.24) is 4.98 Å². The largest absolute Gasteiger partial charge is 0.384 e. The Kier molecular flexibility index (Phi) is 2.37. The lowest BCUT2D eigenvalue weighted by Crippen LogP contribution is -2.13. The van der Waals surface area contributed by atoms with Crippen molar-refractivity contribution in [3.63, 3.8) is 0 Å². The van der Waals surface area contributed by atoms with Gasteiger partial charge >= 0.3 is 0 Å². The molecule has 0 saturated carbocycles. The van der Waals surface area contributed by atoms with Gasteiger partial charge in [-0.15, -0.1) is 0 Å². The zero-order chi connectivity index (χ0) is 9.35. The van der Waals surface area contributed by atoms with Crippen molar-refractivity contribution in [2.75, 3.05) is 5.73 Å². The van der Waals surface area contributed by atoms with Gasteiger partial charge in [0.25, 0.3) is 0 Å². The highest BCUT2D eigenvalue weighted by molar-refractivity contribution is 9.10. The standard InChI is InChI=1S/C8H10BrFN2/c1-8(2,10)7-5(9)3-4-6(11)12-7/h3-4H,1-2H3,(H2,11,12). The van der Waals surface area contributed by atoms with Crippen LogP contribution in [0.3, 0.4) is 0 Å². The number of nitrogen functional groups attached to an aromatic ring is 1. The zero-order valence-corrected chi connectivity index (χ0v) is 8.52. The van der Waals surface area contributed by atoms with E-state index in [2.05, 4.69) is 20.9 Å². The van der Waals surface area contributed by atoms with Gasteiger partial charge in [-0.1, -0.05) is 0 Å². The van der Waals surface area contributed by atoms with Gasteiger partial charge in [0.1, 0.15) is 11.5 Å². The number of rotatable bonds is 1. The summed E-state index contributed by atoms with van der Waals surface area (Å²) in [6.45, 7) is 2.89. The van der Waals surface area contributed by atoms with Gasteiger partial charge in [0.15, 0.2) is 0 Å². The molecule has 0 atom stereocenters. The highest BCUT2D eigenvalue weighted by atomic mass is 79.9. The maximum absolute atomic E-state index is 13.4. The molecular formula is C8H10BrFN2. The molecule has 4 heteroatoms. The minimum absolute atomic E-state index is 0.332. The van der Waals surface area contributed by atoms with Crippen molar-refractivity contribution in [2.24, 2.45) is 0 Å². The Morgan fingerprint density at radius 3 is 2.50 bits per heavy atom. The number of nitrogens with two attached hydrogens (primary N) is 1. The summed E-state index contributed by atoms with van der Waals surface area (Å²) < 4.78 is 14.1. The van der Waals surface area contributed by atoms with E-state index < -0.39 is 5.67 Å². The van der Waals surface area contributed by atoms with Crippen LogP contribution in [0.2, 0.25) is 0 Å². The Morgan fingerprint density at radius 1 is 1.50 bits per heavy atom. The maximum atomic E-state index is 13.4. The summed E-state index contributed by atoms with van der Waals surface area (Å²) in [5, 5.41) is 0. The van der Waals surface area contributed by atoms with Gasteiger partial charge < -0.3 is 5.73 Å². The van der Waals surface area contributed by atoms with Gasteiger partial charge in [-0.3, -0.25) is 0 Å². The molecule has 0 radical (unpaired) electrons. The molecule has 0 aliphatic carbocycles. The van der Waals surface area contributed by atoms with Gasteiger partial charge in [-0.25, -0.2) is 9.37 Å². The van der Waals surface area contributed by atoms with E-state index in [1.165, 1.54) is 13.8 Å². The lowest BCUT2D eigenvalue weighted by Gasteiger charge is -2.15. The second kappa shape index (κ2) is 3.01. The van der Waals surface area contributed by atoms with Gasteiger partial charge in [0.2, 0.25) is 0 Å². The number of pyridine rings is 1. The van der Waals surface area contributed by atoms with Crippen molar-refractivity contribution in [1.29, 1.82) is 0 Å². The average molecular weight is 233 g/mol. The number of halogens is 2. The Balaban J connectivity index is 3.23. The van der Waals surface area contributed by atoms with Gasteiger partial charge in [0.05, 0.1) is 5.69 Å². The molecule has 1 aromatic heterocycles. The second-order valence-electron chi connectivity index (χ2n) is 3.04. The third kappa shape index (κ3) is 1.94. The second-order valence-corrected chi connectivity index (χ2v) is 3.89. The van der Waals surface area contributed by atoms with Gasteiger partial charge in [-0.05, 0) is 41.9 Å². The molecule has 0 fully saturated rings. The third-order valence-electron chi connectivity index (χ3n) is 1.43. The Bertz CT molecular complexity index is 294. The first-order chi connectivity index (χ1) is 5.41. The number of hydrogen-bond donors (Lipinski definition) is 1. The maximum Gasteiger partial charge on any atom is 0.148 e. The average Bonchev–Trinajstić information content (AvgIpc) is 1.92. The molecule has 0 amide bonds. The predicted molar refractivity (Wildman–Crippen MR) is 50.5 cm³/mol. The molecule has 2 nitrogen and oxygen atoms in total. The molecule has 0 unspecified atom stereocenters. The molecule has 0 spiro atoms. The summed E-state index contributed by atoms with van der Waals surface area (Å²) in [6.07, 6.45) is 0. The van der Waals surface area contributed by atoms with E-state index in [-0.39, 0.29) is 0 Å². The van der Waals surface area contributed by atoms with E-state index in [9.17, 15) is 4.39 Å². The summed E-state index contributed by atoms with van der Waals surface area (Å²) in [6, 6.07) is 3.32. The summed E-state index contributed by atoms with van der Waals surface area (Å²) in [5.41, 5.74) is 4.30. The fraction of sp³-hybridized carbons (Fsp3) is 0.375. The van der Waals surface area contributed by atoms with E-state index in [0.717, 1.165) is 0 Å². The van der Waals surface area contributed by atoms with Crippen LogP contribution in [-0.4, -0.2) is 4.98 Å². The van der Waals surface area contributed by atoms with Crippen molar-refractivity contribution >= 4 is 21.7 Å². The lowest BCUT2D eigenvalue weighted by molar-refractivity contribution is 0.213. The molecular weight excluding hydrogens is 223 g/mol. The Morgan fingerprint density at radius 2 is 2.08 bits per heavy atom. The van der Waals surface area contributed by atoms with Crippen molar-refractivity contribution < 1.29 is 4.39 Å². The van der Waals surface area contributed by atoms with Crippen LogP contribution < -0.4 is 5.73 Å². The Labute approximate surface area is 79.1 Å². The number of hydrogen-bond acceptors (Lipinski definition) is 2. The van der Waals surface area contributed by atoms with E-state index in [1.54, 1.807) is 12.1 Å². The van der Waals surface area contributed by atoms with Crippen LogP contribution in [0.15, 0.2) is 16.6 Å². The van der Waals surface area contributed by atoms with E-state index in [0.29, 0.717) is 16.0 Å². The van der Waals surface area contributed by atoms with Crippen LogP contribution in [0, 0.1) is 0 Å². The molecule has 1 heterocycles. The number of aromatic nitrogens is 1. The smallest absolute Gasteiger partial charge is 0.148 e. The lowest BCUT2D eigenvalue weighted by atomic mass is 10.1. The fourth-order valence-electron chi connectivity index (χ4n) is 0.874. The van der Waals surface area contributed by atoms with Crippen molar-refractivity contribution in [3.8, 4) is 0 Å². The first-order valence-corrected chi connectivity index (χ1v) is 4.32. The summed E-state index contributed by atoms with van der Waals surface area (Å²) in [4.78, 5) is 3.90. The van der Waals surface area contributed by atoms with Crippen molar-refractivity contribution in [3.05, 3.63) is 22.3 Å². The number of anilines is 1. The highest BCUT2D eigenvalue weighted by Gasteiger charge is 2.23. The molecule has 12 heavy (non-hydrogen) atoms. The molecule has 2 N–H and O–H groups in total. The molecule has 0 saturated heterocycles. The Hall–Kier alpha value is -0.640. The fourth-order valence-corrected chi connectivity index (χ4v) is 1.57. The van der Waals surface area contributed by atoms with Crippen LogP contribution in [0.4, 0.5) is 10.2 Å². The summed E-state index contributed by atoms with van der Waals surface area (Å²) >= 11 is 3.21. The molecule has 0 aromatic carbocycles. The first-order valence-electron chi connectivity index (χ1n) is 3.52. The SMILES string of the molecule is CC(C)(F)c1nc(N)ccc1Br. The molecule has 1 aromatic rings. The van der Waals surface area contributed by atoms with Crippen LogP contribution >= 0.6 is 15.9 Å².